The molecule has 0 rings (SSSR count). The van der Waals surface area contributed by atoms with Crippen LogP contribution in [0.2, 0.25) is 0 Å². The molecule has 0 amide bonds. The highest BCUT2D eigenvalue weighted by Gasteiger charge is 2.13. The van der Waals surface area contributed by atoms with Crippen molar-refractivity contribution in [2.45, 2.75) is 58.3 Å². The summed E-state index contributed by atoms with van der Waals surface area (Å²) in [6, 6.07) is 0. The average Bonchev–Trinajstić information content (AvgIpc) is 2.00. The minimum absolute atomic E-state index is 0.0877. The van der Waals surface area contributed by atoms with E-state index in [1.165, 1.54) is 6.92 Å². The molecule has 0 aromatic carbocycles. The van der Waals surface area contributed by atoms with Crippen LogP contribution in [0.25, 0.3) is 0 Å². The fourth-order valence-electron chi connectivity index (χ4n) is 1.42. The van der Waals surface area contributed by atoms with Gasteiger partial charge in [0.05, 0.1) is 6.61 Å². The molecular formula is C12H23ClO2. The van der Waals surface area contributed by atoms with Crippen molar-refractivity contribution in [3.05, 3.63) is 0 Å². The fourth-order valence-corrected chi connectivity index (χ4v) is 1.55. The third-order valence-corrected chi connectivity index (χ3v) is 2.57. The zero-order chi connectivity index (χ0) is 11.9. The largest absolute Gasteiger partial charge is 0.466 e. The second-order valence-corrected chi connectivity index (χ2v) is 5.87. The second kappa shape index (κ2) is 7.10. The topological polar surface area (TPSA) is 26.3 Å². The number of hydrogen-bond donors (Lipinski definition) is 0. The number of rotatable bonds is 7. The lowest BCUT2D eigenvalue weighted by molar-refractivity contribution is -0.141. The Labute approximate surface area is 98.3 Å². The van der Waals surface area contributed by atoms with Gasteiger partial charge < -0.3 is 4.74 Å². The van der Waals surface area contributed by atoms with Crippen LogP contribution in [-0.2, 0) is 9.53 Å². The lowest BCUT2D eigenvalue weighted by Gasteiger charge is -2.17. The Balaban J connectivity index is 3.41. The third-order valence-electron chi connectivity index (χ3n) is 2.38. The first-order valence-electron chi connectivity index (χ1n) is 5.63. The normalized spacial score (nSPS) is 13.7. The Bertz CT molecular complexity index is 185. The second-order valence-electron chi connectivity index (χ2n) is 4.84. The highest BCUT2D eigenvalue weighted by atomic mass is 35.5. The molecule has 0 saturated heterocycles. The predicted molar refractivity (Wildman–Crippen MR) is 64.2 cm³/mol. The highest BCUT2D eigenvalue weighted by molar-refractivity contribution is 6.23. The van der Waals surface area contributed by atoms with Crippen LogP contribution in [0, 0.1) is 5.92 Å². The van der Waals surface area contributed by atoms with E-state index in [0.717, 1.165) is 25.7 Å². The maximum Gasteiger partial charge on any atom is 0.302 e. The monoisotopic (exact) mass is 234 g/mol. The first-order chi connectivity index (χ1) is 6.81. The van der Waals surface area contributed by atoms with Crippen LogP contribution < -0.4 is 0 Å². The van der Waals surface area contributed by atoms with Gasteiger partial charge in [-0.15, -0.1) is 11.6 Å². The minimum Gasteiger partial charge on any atom is -0.466 e. The summed E-state index contributed by atoms with van der Waals surface area (Å²) in [6.45, 7) is 8.25. The van der Waals surface area contributed by atoms with Gasteiger partial charge in [-0.2, -0.15) is 0 Å². The van der Waals surface area contributed by atoms with Crippen molar-refractivity contribution in [2.24, 2.45) is 5.92 Å². The molecule has 0 N–H and O–H groups in total. The smallest absolute Gasteiger partial charge is 0.302 e. The van der Waals surface area contributed by atoms with Gasteiger partial charge in [0.15, 0.2) is 0 Å². The maximum absolute atomic E-state index is 10.5. The number of carbonyl (C=O) groups is 1. The van der Waals surface area contributed by atoms with Crippen molar-refractivity contribution in [3.8, 4) is 0 Å². The van der Waals surface area contributed by atoms with Crippen molar-refractivity contribution >= 4 is 17.6 Å². The van der Waals surface area contributed by atoms with Gasteiger partial charge in [0, 0.05) is 11.8 Å². The molecule has 0 aliphatic rings. The molecule has 15 heavy (non-hydrogen) atoms. The number of ether oxygens (including phenoxy) is 1. The summed E-state index contributed by atoms with van der Waals surface area (Å²) in [4.78, 5) is 10.4. The average molecular weight is 235 g/mol. The molecule has 0 radical (unpaired) electrons. The summed E-state index contributed by atoms with van der Waals surface area (Å²) >= 11 is 6.09. The molecule has 0 aromatic rings. The van der Waals surface area contributed by atoms with Crippen molar-refractivity contribution in [3.63, 3.8) is 0 Å². The third kappa shape index (κ3) is 11.7. The van der Waals surface area contributed by atoms with Gasteiger partial charge in [-0.05, 0) is 32.6 Å². The molecule has 0 aliphatic carbocycles. The van der Waals surface area contributed by atoms with Gasteiger partial charge in [-0.1, -0.05) is 19.8 Å². The molecular weight excluding hydrogens is 212 g/mol. The summed E-state index contributed by atoms with van der Waals surface area (Å²) in [6.07, 6.45) is 4.27. The van der Waals surface area contributed by atoms with Gasteiger partial charge in [-0.25, -0.2) is 0 Å². The van der Waals surface area contributed by atoms with Crippen LogP contribution in [0.15, 0.2) is 0 Å². The Morgan fingerprint density at radius 2 is 2.00 bits per heavy atom. The Morgan fingerprint density at radius 3 is 2.47 bits per heavy atom. The number of carbonyl (C=O) groups excluding carboxylic acids is 1. The van der Waals surface area contributed by atoms with Crippen LogP contribution in [-0.4, -0.2) is 17.5 Å². The number of hydrogen-bond acceptors (Lipinski definition) is 2. The summed E-state index contributed by atoms with van der Waals surface area (Å²) in [5.41, 5.74) is 0. The SMILES string of the molecule is CC(=O)OCCC(C)CCCC(C)(C)Cl. The lowest BCUT2D eigenvalue weighted by Crippen LogP contribution is -2.11. The molecule has 0 spiro atoms. The van der Waals surface area contributed by atoms with Crippen LogP contribution in [0.4, 0.5) is 0 Å². The number of alkyl halides is 1. The molecule has 0 saturated carbocycles. The molecule has 0 heterocycles. The van der Waals surface area contributed by atoms with Crippen molar-refractivity contribution in [1.82, 2.24) is 0 Å². The van der Waals surface area contributed by atoms with E-state index in [9.17, 15) is 4.79 Å². The summed E-state index contributed by atoms with van der Waals surface area (Å²) < 4.78 is 4.89. The van der Waals surface area contributed by atoms with Crippen LogP contribution in [0.3, 0.4) is 0 Å². The van der Waals surface area contributed by atoms with E-state index in [-0.39, 0.29) is 10.8 Å². The standard InChI is InChI=1S/C12H23ClO2/c1-10(7-9-15-11(2)14)6-5-8-12(3,4)13/h10H,5-9H2,1-4H3. The summed E-state index contributed by atoms with van der Waals surface area (Å²) in [5, 5.41) is 0. The van der Waals surface area contributed by atoms with Crippen LogP contribution >= 0.6 is 11.6 Å². The first-order valence-corrected chi connectivity index (χ1v) is 6.01. The fraction of sp³-hybridized carbons (Fsp3) is 0.917. The molecule has 90 valence electrons. The Hall–Kier alpha value is -0.240. The molecule has 2 nitrogen and oxygen atoms in total. The van der Waals surface area contributed by atoms with Crippen LogP contribution in [0.1, 0.15) is 53.4 Å². The Morgan fingerprint density at radius 1 is 1.40 bits per heavy atom. The maximum atomic E-state index is 10.5. The van der Waals surface area contributed by atoms with E-state index in [1.807, 2.05) is 13.8 Å². The van der Waals surface area contributed by atoms with Crippen molar-refractivity contribution < 1.29 is 9.53 Å². The van der Waals surface area contributed by atoms with E-state index >= 15 is 0 Å². The predicted octanol–water partition coefficient (Wildman–Crippen LogP) is 3.76. The quantitative estimate of drug-likeness (QED) is 0.495. The molecule has 0 aromatic heterocycles. The van der Waals surface area contributed by atoms with Gasteiger partial charge >= 0.3 is 5.97 Å². The zero-order valence-corrected chi connectivity index (χ0v) is 11.1. The van der Waals surface area contributed by atoms with Crippen molar-refractivity contribution in [1.29, 1.82) is 0 Å². The zero-order valence-electron chi connectivity index (χ0n) is 10.3. The first kappa shape index (κ1) is 14.8. The van der Waals surface area contributed by atoms with E-state index in [4.69, 9.17) is 16.3 Å². The molecule has 0 fully saturated rings. The van der Waals surface area contributed by atoms with Crippen LogP contribution in [0.5, 0.6) is 0 Å². The molecule has 1 unspecified atom stereocenters. The summed E-state index contributed by atoms with van der Waals surface area (Å²) in [5.74, 6) is 0.410. The van der Waals surface area contributed by atoms with Gasteiger partial charge in [-0.3, -0.25) is 4.79 Å². The number of halogens is 1. The van der Waals surface area contributed by atoms with E-state index < -0.39 is 0 Å². The Kier molecular flexibility index (Phi) is 6.99. The van der Waals surface area contributed by atoms with Gasteiger partial charge in [0.2, 0.25) is 0 Å². The van der Waals surface area contributed by atoms with Crippen molar-refractivity contribution in [2.75, 3.05) is 6.61 Å². The molecule has 0 bridgehead atoms. The van der Waals surface area contributed by atoms with Gasteiger partial charge in [0.25, 0.3) is 0 Å². The molecule has 3 heteroatoms. The van der Waals surface area contributed by atoms with E-state index in [2.05, 4.69) is 6.92 Å². The molecule has 0 aliphatic heterocycles. The highest BCUT2D eigenvalue weighted by Crippen LogP contribution is 2.22. The summed E-state index contributed by atoms with van der Waals surface area (Å²) in [7, 11) is 0. The molecule has 1 atom stereocenters. The van der Waals surface area contributed by atoms with E-state index in [0.29, 0.717) is 12.5 Å². The van der Waals surface area contributed by atoms with E-state index in [1.54, 1.807) is 0 Å². The van der Waals surface area contributed by atoms with Gasteiger partial charge in [0.1, 0.15) is 0 Å². The lowest BCUT2D eigenvalue weighted by atomic mass is 9.97. The number of esters is 1. The minimum atomic E-state index is -0.191.